The third kappa shape index (κ3) is 2.92. The fourth-order valence-electron chi connectivity index (χ4n) is 4.15. The highest BCUT2D eigenvalue weighted by molar-refractivity contribution is 5.95. The van der Waals surface area contributed by atoms with Crippen LogP contribution in [0.2, 0.25) is 0 Å². The maximum atomic E-state index is 13.1. The van der Waals surface area contributed by atoms with Gasteiger partial charge in [0.15, 0.2) is 0 Å². The first-order valence-corrected chi connectivity index (χ1v) is 9.31. The van der Waals surface area contributed by atoms with Crippen LogP contribution in [0.5, 0.6) is 0 Å². The summed E-state index contributed by atoms with van der Waals surface area (Å²) in [5.74, 6) is 0.153. The van der Waals surface area contributed by atoms with Crippen molar-refractivity contribution in [1.82, 2.24) is 14.7 Å². The molecule has 1 amide bonds. The predicted molar refractivity (Wildman–Crippen MR) is 99.1 cm³/mol. The minimum Gasteiger partial charge on any atom is -0.367 e. The van der Waals surface area contributed by atoms with Gasteiger partial charge in [-0.05, 0) is 44.7 Å². The number of para-hydroxylation sites is 1. The van der Waals surface area contributed by atoms with Crippen LogP contribution in [0, 0.1) is 6.92 Å². The average molecular weight is 338 g/mol. The molecule has 0 spiro atoms. The van der Waals surface area contributed by atoms with E-state index in [4.69, 9.17) is 0 Å². The maximum absolute atomic E-state index is 13.1. The number of anilines is 1. The zero-order valence-corrected chi connectivity index (χ0v) is 15.1. The minimum atomic E-state index is 0.153. The number of aryl methyl sites for hydroxylation is 2. The second-order valence-corrected chi connectivity index (χ2v) is 7.27. The summed E-state index contributed by atoms with van der Waals surface area (Å²) in [5, 5.41) is 4.43. The number of carbonyl (C=O) groups excluding carboxylic acids is 1. The fourth-order valence-corrected chi connectivity index (χ4v) is 4.15. The lowest BCUT2D eigenvalue weighted by atomic mass is 10.0. The van der Waals surface area contributed by atoms with Gasteiger partial charge in [-0.15, -0.1) is 0 Å². The largest absolute Gasteiger partial charge is 0.367 e. The number of nitrogens with zero attached hydrogens (tertiary/aromatic N) is 4. The minimum absolute atomic E-state index is 0.153. The molecule has 0 N–H and O–H groups in total. The van der Waals surface area contributed by atoms with Gasteiger partial charge in [0.05, 0.1) is 17.5 Å². The Labute approximate surface area is 149 Å². The van der Waals surface area contributed by atoms with Crippen molar-refractivity contribution in [2.24, 2.45) is 0 Å². The summed E-state index contributed by atoms with van der Waals surface area (Å²) in [7, 11) is 0. The Morgan fingerprint density at radius 1 is 1.16 bits per heavy atom. The van der Waals surface area contributed by atoms with Crippen molar-refractivity contribution in [3.63, 3.8) is 0 Å². The van der Waals surface area contributed by atoms with E-state index >= 15 is 0 Å². The summed E-state index contributed by atoms with van der Waals surface area (Å²) in [6.07, 6.45) is 5.07. The van der Waals surface area contributed by atoms with Crippen molar-refractivity contribution in [2.45, 2.75) is 45.7 Å². The standard InChI is InChI=1S/C20H26N4O/c1-15-7-3-4-8-18(15)22-11-12-23(16(2)14-22)20(25)17-13-21-24-10-6-5-9-19(17)24/h3-4,7-8,13,16H,5-6,9-12,14H2,1-2H3. The zero-order valence-electron chi connectivity index (χ0n) is 15.1. The van der Waals surface area contributed by atoms with Crippen molar-refractivity contribution in [1.29, 1.82) is 0 Å². The van der Waals surface area contributed by atoms with Crippen LogP contribution in [0.1, 0.15) is 41.4 Å². The molecule has 2 aromatic rings. The molecule has 0 radical (unpaired) electrons. The van der Waals surface area contributed by atoms with Gasteiger partial charge in [0.25, 0.3) is 5.91 Å². The molecule has 0 aliphatic carbocycles. The summed E-state index contributed by atoms with van der Waals surface area (Å²) < 4.78 is 2.02. The summed E-state index contributed by atoms with van der Waals surface area (Å²) in [6, 6.07) is 8.68. The molecule has 1 aromatic heterocycles. The van der Waals surface area contributed by atoms with Crippen LogP contribution in [0.4, 0.5) is 5.69 Å². The van der Waals surface area contributed by atoms with Gasteiger partial charge in [-0.3, -0.25) is 9.48 Å². The molecule has 1 fully saturated rings. The SMILES string of the molecule is Cc1ccccc1N1CCN(C(=O)c2cnn3c2CCCC3)C(C)C1. The smallest absolute Gasteiger partial charge is 0.257 e. The summed E-state index contributed by atoms with van der Waals surface area (Å²) in [5.41, 5.74) is 4.52. The number of piperazine rings is 1. The molecule has 1 saturated heterocycles. The lowest BCUT2D eigenvalue weighted by Gasteiger charge is -2.41. The van der Waals surface area contributed by atoms with Crippen LogP contribution < -0.4 is 4.90 Å². The van der Waals surface area contributed by atoms with Gasteiger partial charge in [-0.1, -0.05) is 18.2 Å². The van der Waals surface area contributed by atoms with Crippen LogP contribution in [0.15, 0.2) is 30.5 Å². The molecule has 132 valence electrons. The van der Waals surface area contributed by atoms with Crippen LogP contribution in [0.3, 0.4) is 0 Å². The van der Waals surface area contributed by atoms with E-state index in [9.17, 15) is 4.79 Å². The van der Waals surface area contributed by atoms with Crippen molar-refractivity contribution < 1.29 is 4.79 Å². The van der Waals surface area contributed by atoms with E-state index in [1.807, 2.05) is 9.58 Å². The predicted octanol–water partition coefficient (Wildman–Crippen LogP) is 2.88. The molecular weight excluding hydrogens is 312 g/mol. The lowest BCUT2D eigenvalue weighted by molar-refractivity contribution is 0.0672. The first-order valence-electron chi connectivity index (χ1n) is 9.31. The van der Waals surface area contributed by atoms with Crippen molar-refractivity contribution >= 4 is 11.6 Å². The van der Waals surface area contributed by atoms with Crippen molar-refractivity contribution in [2.75, 3.05) is 24.5 Å². The van der Waals surface area contributed by atoms with E-state index in [2.05, 4.69) is 48.1 Å². The number of benzene rings is 1. The molecular formula is C20H26N4O. The quantitative estimate of drug-likeness (QED) is 0.845. The van der Waals surface area contributed by atoms with E-state index in [0.29, 0.717) is 0 Å². The van der Waals surface area contributed by atoms with Crippen LogP contribution in [-0.2, 0) is 13.0 Å². The Kier molecular flexibility index (Phi) is 4.24. The molecule has 2 aliphatic rings. The molecule has 5 heteroatoms. The van der Waals surface area contributed by atoms with Crippen LogP contribution in [0.25, 0.3) is 0 Å². The third-order valence-corrected chi connectivity index (χ3v) is 5.56. The third-order valence-electron chi connectivity index (χ3n) is 5.56. The van der Waals surface area contributed by atoms with E-state index in [1.54, 1.807) is 6.20 Å². The van der Waals surface area contributed by atoms with E-state index < -0.39 is 0 Å². The first kappa shape index (κ1) is 16.2. The number of hydrogen-bond acceptors (Lipinski definition) is 3. The second-order valence-electron chi connectivity index (χ2n) is 7.27. The highest BCUT2D eigenvalue weighted by Gasteiger charge is 2.31. The van der Waals surface area contributed by atoms with Crippen LogP contribution >= 0.6 is 0 Å². The van der Waals surface area contributed by atoms with Gasteiger partial charge in [0.1, 0.15) is 0 Å². The Morgan fingerprint density at radius 2 is 2.00 bits per heavy atom. The molecule has 2 aliphatic heterocycles. The lowest BCUT2D eigenvalue weighted by Crippen LogP contribution is -2.54. The molecule has 3 heterocycles. The summed E-state index contributed by atoms with van der Waals surface area (Å²) in [4.78, 5) is 17.5. The van der Waals surface area contributed by atoms with E-state index in [0.717, 1.165) is 56.7 Å². The number of fused-ring (bicyclic) bond motifs is 1. The molecule has 0 saturated carbocycles. The number of amides is 1. The van der Waals surface area contributed by atoms with Gasteiger partial charge >= 0.3 is 0 Å². The summed E-state index contributed by atoms with van der Waals surface area (Å²) in [6.45, 7) is 7.76. The molecule has 1 aromatic carbocycles. The molecule has 5 nitrogen and oxygen atoms in total. The first-order chi connectivity index (χ1) is 12.1. The highest BCUT2D eigenvalue weighted by atomic mass is 16.2. The second kappa shape index (κ2) is 6.54. The van der Waals surface area contributed by atoms with Crippen molar-refractivity contribution in [3.8, 4) is 0 Å². The Hall–Kier alpha value is -2.30. The topological polar surface area (TPSA) is 41.4 Å². The van der Waals surface area contributed by atoms with Gasteiger partial charge in [-0.2, -0.15) is 5.10 Å². The monoisotopic (exact) mass is 338 g/mol. The van der Waals surface area contributed by atoms with Gasteiger partial charge in [0, 0.05) is 37.9 Å². The van der Waals surface area contributed by atoms with Gasteiger partial charge in [0.2, 0.25) is 0 Å². The Bertz CT molecular complexity index is 782. The normalized spacial score (nSPS) is 20.5. The van der Waals surface area contributed by atoms with E-state index in [-0.39, 0.29) is 11.9 Å². The Morgan fingerprint density at radius 3 is 2.80 bits per heavy atom. The maximum Gasteiger partial charge on any atom is 0.257 e. The summed E-state index contributed by atoms with van der Waals surface area (Å²) >= 11 is 0. The van der Waals surface area contributed by atoms with Crippen LogP contribution in [-0.4, -0.2) is 46.3 Å². The fraction of sp³-hybridized carbons (Fsp3) is 0.500. The van der Waals surface area contributed by atoms with Gasteiger partial charge < -0.3 is 9.80 Å². The number of aromatic nitrogens is 2. The zero-order chi connectivity index (χ0) is 17.4. The number of hydrogen-bond donors (Lipinski definition) is 0. The average Bonchev–Trinajstić information content (AvgIpc) is 3.05. The van der Waals surface area contributed by atoms with Crippen molar-refractivity contribution in [3.05, 3.63) is 47.3 Å². The van der Waals surface area contributed by atoms with Gasteiger partial charge in [-0.25, -0.2) is 0 Å². The molecule has 1 atom stereocenters. The van der Waals surface area contributed by atoms with E-state index in [1.165, 1.54) is 11.3 Å². The number of rotatable bonds is 2. The molecule has 25 heavy (non-hydrogen) atoms. The molecule has 4 rings (SSSR count). The Balaban J connectivity index is 1.51. The molecule has 1 unspecified atom stereocenters. The molecule has 0 bridgehead atoms. The highest BCUT2D eigenvalue weighted by Crippen LogP contribution is 2.25. The number of carbonyl (C=O) groups is 1.